The maximum Gasteiger partial charge on any atom is 0.294 e. The molecule has 0 saturated heterocycles. The second-order valence-electron chi connectivity index (χ2n) is 8.33. The third-order valence-electron chi connectivity index (χ3n) is 6.13. The molecule has 0 amide bonds. The van der Waals surface area contributed by atoms with Crippen LogP contribution < -0.4 is 4.80 Å². The molecule has 0 N–H and O–H groups in total. The van der Waals surface area contributed by atoms with E-state index < -0.39 is 4.92 Å². The van der Waals surface area contributed by atoms with Crippen molar-refractivity contribution in [1.82, 2.24) is 4.68 Å². The molecule has 2 aromatic heterocycles. The zero-order valence-corrected chi connectivity index (χ0v) is 20.2. The Balaban J connectivity index is 1.57. The molecule has 0 bridgehead atoms. The van der Waals surface area contributed by atoms with Gasteiger partial charge in [0.05, 0.1) is 16.8 Å². The fraction of sp³-hybridized carbons (Fsp3) is 0.231. The molecule has 1 saturated carbocycles. The predicted octanol–water partition coefficient (Wildman–Crippen LogP) is 7.35. The zero-order valence-electron chi connectivity index (χ0n) is 18.5. The van der Waals surface area contributed by atoms with Crippen LogP contribution in [-0.2, 0) is 0 Å². The molecule has 172 valence electrons. The Morgan fingerprint density at radius 1 is 1.00 bits per heavy atom. The van der Waals surface area contributed by atoms with Crippen molar-refractivity contribution < 1.29 is 4.92 Å². The topological polar surface area (TPSA) is 72.8 Å². The average molecular weight is 489 g/mol. The lowest BCUT2D eigenvalue weighted by molar-refractivity contribution is -0.384. The summed E-state index contributed by atoms with van der Waals surface area (Å²) in [6.45, 7) is 0. The van der Waals surface area contributed by atoms with Crippen LogP contribution in [0.5, 0.6) is 0 Å². The molecule has 0 aliphatic heterocycles. The summed E-state index contributed by atoms with van der Waals surface area (Å²) in [7, 11) is 0. The number of benzene rings is 2. The highest BCUT2D eigenvalue weighted by Crippen LogP contribution is 2.34. The van der Waals surface area contributed by atoms with Crippen LogP contribution in [0.1, 0.15) is 49.1 Å². The number of thiophene rings is 1. The molecule has 1 aliphatic rings. The van der Waals surface area contributed by atoms with Gasteiger partial charge >= 0.3 is 0 Å². The zero-order chi connectivity index (χ0) is 23.3. The first kappa shape index (κ1) is 22.4. The quantitative estimate of drug-likeness (QED) is 0.162. The largest absolute Gasteiger partial charge is 0.294 e. The second kappa shape index (κ2) is 10.3. The van der Waals surface area contributed by atoms with Gasteiger partial charge in [-0.3, -0.25) is 10.1 Å². The summed E-state index contributed by atoms with van der Waals surface area (Å²) in [5.74, 6) is 0.651. The van der Waals surface area contributed by atoms with Crippen LogP contribution in [0.25, 0.3) is 11.3 Å². The number of nitro groups is 1. The summed E-state index contributed by atoms with van der Waals surface area (Å²) in [5, 5.41) is 22.2. The van der Waals surface area contributed by atoms with Gasteiger partial charge in [-0.25, -0.2) is 9.67 Å². The van der Waals surface area contributed by atoms with Crippen molar-refractivity contribution in [1.29, 1.82) is 0 Å². The minimum absolute atomic E-state index is 0.0253. The molecular formula is C26H24N4O2S2. The number of aromatic nitrogens is 1. The van der Waals surface area contributed by atoms with E-state index in [2.05, 4.69) is 29.3 Å². The van der Waals surface area contributed by atoms with E-state index in [0.29, 0.717) is 16.4 Å². The Bertz CT molecular complexity index is 1360. The summed E-state index contributed by atoms with van der Waals surface area (Å²) in [6, 6.07) is 17.3. The van der Waals surface area contributed by atoms with E-state index in [0.717, 1.165) is 16.8 Å². The molecule has 0 atom stereocenters. The smallest absolute Gasteiger partial charge is 0.258 e. The molecular weight excluding hydrogens is 464 g/mol. The van der Waals surface area contributed by atoms with Gasteiger partial charge in [0.25, 0.3) is 5.69 Å². The number of nitro benzene ring substituents is 1. The van der Waals surface area contributed by atoms with Crippen LogP contribution >= 0.6 is 22.7 Å². The van der Waals surface area contributed by atoms with Crippen LogP contribution in [0.15, 0.2) is 80.8 Å². The normalized spacial score (nSPS) is 15.2. The average Bonchev–Trinajstić information content (AvgIpc) is 3.54. The number of rotatable bonds is 6. The molecule has 0 unspecified atom stereocenters. The van der Waals surface area contributed by atoms with E-state index >= 15 is 0 Å². The van der Waals surface area contributed by atoms with Gasteiger partial charge in [0.15, 0.2) is 0 Å². The van der Waals surface area contributed by atoms with E-state index in [4.69, 9.17) is 5.10 Å². The number of para-hydroxylation sites is 2. The first-order valence-electron chi connectivity index (χ1n) is 11.3. The lowest BCUT2D eigenvalue weighted by Crippen LogP contribution is -2.11. The van der Waals surface area contributed by atoms with Crippen molar-refractivity contribution in [2.75, 3.05) is 0 Å². The molecule has 1 aliphatic carbocycles. The molecule has 4 aromatic rings. The standard InChI is InChI=1S/C26H24N4O2S2/c31-30(32)24-9-5-4-8-23(24)28-26-29(27-16-19-14-15-33-17-19)25(18-34-26)22-12-10-21(11-13-22)20-6-2-1-3-7-20/h4-5,8-18,20H,1-3,6-7H2. The maximum absolute atomic E-state index is 11.5. The molecule has 2 heterocycles. The molecule has 8 heteroatoms. The number of hydrogen-bond donors (Lipinski definition) is 0. The first-order chi connectivity index (χ1) is 16.7. The van der Waals surface area contributed by atoms with E-state index in [-0.39, 0.29) is 5.69 Å². The van der Waals surface area contributed by atoms with E-state index in [1.54, 1.807) is 40.4 Å². The maximum atomic E-state index is 11.5. The van der Waals surface area contributed by atoms with Gasteiger partial charge in [-0.15, -0.1) is 11.3 Å². The van der Waals surface area contributed by atoms with Gasteiger partial charge in [-0.2, -0.15) is 16.4 Å². The summed E-state index contributed by atoms with van der Waals surface area (Å²) in [4.78, 5) is 16.3. The Kier molecular flexibility index (Phi) is 6.78. The summed E-state index contributed by atoms with van der Waals surface area (Å²) >= 11 is 3.03. The Morgan fingerprint density at radius 3 is 2.53 bits per heavy atom. The highest BCUT2D eigenvalue weighted by Gasteiger charge is 2.17. The van der Waals surface area contributed by atoms with Gasteiger partial charge in [0, 0.05) is 22.6 Å². The van der Waals surface area contributed by atoms with Crippen molar-refractivity contribution in [3.8, 4) is 11.3 Å². The van der Waals surface area contributed by atoms with Crippen LogP contribution in [0.3, 0.4) is 0 Å². The highest BCUT2D eigenvalue weighted by molar-refractivity contribution is 7.08. The van der Waals surface area contributed by atoms with Gasteiger partial charge in [0.2, 0.25) is 4.80 Å². The predicted molar refractivity (Wildman–Crippen MR) is 139 cm³/mol. The lowest BCUT2D eigenvalue weighted by atomic mass is 9.84. The van der Waals surface area contributed by atoms with Crippen molar-refractivity contribution >= 4 is 40.3 Å². The fourth-order valence-electron chi connectivity index (χ4n) is 4.34. The Morgan fingerprint density at radius 2 is 1.79 bits per heavy atom. The molecule has 0 spiro atoms. The lowest BCUT2D eigenvalue weighted by Gasteiger charge is -2.22. The van der Waals surface area contributed by atoms with Crippen LogP contribution in [0.4, 0.5) is 11.4 Å². The molecule has 5 rings (SSSR count). The molecule has 6 nitrogen and oxygen atoms in total. The molecule has 2 aromatic carbocycles. The highest BCUT2D eigenvalue weighted by atomic mass is 32.1. The molecule has 0 radical (unpaired) electrons. The molecule has 1 fully saturated rings. The number of thiazole rings is 1. The minimum Gasteiger partial charge on any atom is -0.258 e. The van der Waals surface area contributed by atoms with Crippen molar-refractivity contribution in [2.24, 2.45) is 10.1 Å². The van der Waals surface area contributed by atoms with Crippen molar-refractivity contribution in [3.63, 3.8) is 0 Å². The van der Waals surface area contributed by atoms with Crippen molar-refractivity contribution in [2.45, 2.75) is 38.0 Å². The van der Waals surface area contributed by atoms with Gasteiger partial charge in [0.1, 0.15) is 5.69 Å². The first-order valence-corrected chi connectivity index (χ1v) is 13.2. The Labute approximate surface area is 205 Å². The molecule has 34 heavy (non-hydrogen) atoms. The van der Waals surface area contributed by atoms with E-state index in [1.807, 2.05) is 22.2 Å². The van der Waals surface area contributed by atoms with Crippen LogP contribution in [0.2, 0.25) is 0 Å². The second-order valence-corrected chi connectivity index (χ2v) is 9.95. The summed E-state index contributed by atoms with van der Waals surface area (Å²) in [5.41, 5.74) is 4.64. The summed E-state index contributed by atoms with van der Waals surface area (Å²) in [6.07, 6.45) is 8.29. The third kappa shape index (κ3) is 4.93. The van der Waals surface area contributed by atoms with E-state index in [9.17, 15) is 10.1 Å². The minimum atomic E-state index is -0.406. The van der Waals surface area contributed by atoms with E-state index in [1.165, 1.54) is 55.1 Å². The van der Waals surface area contributed by atoms with Crippen LogP contribution in [0, 0.1) is 10.1 Å². The van der Waals surface area contributed by atoms with Gasteiger partial charge in [-0.05, 0) is 47.2 Å². The number of nitrogens with zero attached hydrogens (tertiary/aromatic N) is 4. The SMILES string of the molecule is O=[N+]([O-])c1ccccc1N=c1scc(-c2ccc(C3CCCCC3)cc2)n1N=Cc1ccsc1. The van der Waals surface area contributed by atoms with Gasteiger partial charge < -0.3 is 0 Å². The van der Waals surface area contributed by atoms with Crippen LogP contribution in [-0.4, -0.2) is 15.8 Å². The summed E-state index contributed by atoms with van der Waals surface area (Å²) < 4.78 is 1.77. The Hall–Kier alpha value is -3.36. The number of hydrogen-bond acceptors (Lipinski definition) is 6. The monoisotopic (exact) mass is 488 g/mol. The van der Waals surface area contributed by atoms with Crippen molar-refractivity contribution in [3.05, 3.63) is 96.8 Å². The van der Waals surface area contributed by atoms with Gasteiger partial charge in [-0.1, -0.05) is 55.7 Å². The third-order valence-corrected chi connectivity index (χ3v) is 7.65. The fourth-order valence-corrected chi connectivity index (χ4v) is 5.80.